The summed E-state index contributed by atoms with van der Waals surface area (Å²) in [6.07, 6.45) is 0. The van der Waals surface area contributed by atoms with E-state index in [4.69, 9.17) is 9.47 Å². The quantitative estimate of drug-likeness (QED) is 0.610. The largest absolute Gasteiger partial charge is 0.497 e. The third kappa shape index (κ3) is 4.60. The molecule has 0 radical (unpaired) electrons. The van der Waals surface area contributed by atoms with Crippen LogP contribution in [0.25, 0.3) is 11.3 Å². The third-order valence-electron chi connectivity index (χ3n) is 5.34. The van der Waals surface area contributed by atoms with Crippen molar-refractivity contribution < 1.29 is 14.3 Å². The molecule has 31 heavy (non-hydrogen) atoms. The lowest BCUT2D eigenvalue weighted by Crippen LogP contribution is -2.49. The number of hydrogen-bond donors (Lipinski definition) is 0. The Kier molecular flexibility index (Phi) is 6.31. The normalized spacial score (nSPS) is 13.7. The number of carbonyl (C=O) groups excluding carboxylic acids is 1. The molecule has 0 saturated carbocycles. The zero-order valence-corrected chi connectivity index (χ0v) is 17.8. The molecule has 2 aromatic carbocycles. The van der Waals surface area contributed by atoms with Crippen molar-refractivity contribution in [2.75, 3.05) is 44.8 Å². The van der Waals surface area contributed by atoms with E-state index in [9.17, 15) is 4.79 Å². The predicted octanol–water partition coefficient (Wildman–Crippen LogP) is 3.51. The van der Waals surface area contributed by atoms with E-state index in [2.05, 4.69) is 15.1 Å². The lowest BCUT2D eigenvalue weighted by molar-refractivity contribution is 0.0742. The average molecular weight is 418 g/mol. The highest BCUT2D eigenvalue weighted by molar-refractivity contribution is 5.97. The van der Waals surface area contributed by atoms with Crippen molar-refractivity contribution in [1.29, 1.82) is 0 Å². The summed E-state index contributed by atoms with van der Waals surface area (Å²) in [7, 11) is 1.65. The van der Waals surface area contributed by atoms with Gasteiger partial charge >= 0.3 is 0 Å². The molecule has 7 nitrogen and oxygen atoms in total. The SMILES string of the molecule is CCOc1ccccc1C(=O)N1CCN(c2ccc(-c3ccc(OC)cc3)nn2)CC1. The first kappa shape index (κ1) is 20.7. The Bertz CT molecular complexity index is 1010. The molecule has 3 aromatic rings. The molecular formula is C24H26N4O3. The van der Waals surface area contributed by atoms with Crippen LogP contribution in [0, 0.1) is 0 Å². The Labute approximate surface area is 182 Å². The van der Waals surface area contributed by atoms with Crippen molar-refractivity contribution in [2.45, 2.75) is 6.92 Å². The molecule has 7 heteroatoms. The maximum atomic E-state index is 13.0. The van der Waals surface area contributed by atoms with Crippen LogP contribution in [-0.4, -0.2) is 60.9 Å². The summed E-state index contributed by atoms with van der Waals surface area (Å²) >= 11 is 0. The van der Waals surface area contributed by atoms with E-state index in [1.165, 1.54) is 0 Å². The minimum atomic E-state index is 0.00429. The first-order chi connectivity index (χ1) is 15.2. The summed E-state index contributed by atoms with van der Waals surface area (Å²) < 4.78 is 10.8. The molecule has 1 aromatic heterocycles. The van der Waals surface area contributed by atoms with Crippen LogP contribution in [0.5, 0.6) is 11.5 Å². The maximum absolute atomic E-state index is 13.0. The summed E-state index contributed by atoms with van der Waals surface area (Å²) in [4.78, 5) is 17.0. The summed E-state index contributed by atoms with van der Waals surface area (Å²) in [6, 6.07) is 19.1. The Morgan fingerprint density at radius 2 is 1.68 bits per heavy atom. The highest BCUT2D eigenvalue weighted by Gasteiger charge is 2.25. The number of amides is 1. The van der Waals surface area contributed by atoms with Gasteiger partial charge in [-0.15, -0.1) is 10.2 Å². The number of anilines is 1. The molecule has 1 saturated heterocycles. The van der Waals surface area contributed by atoms with E-state index in [0.29, 0.717) is 44.1 Å². The van der Waals surface area contributed by atoms with Crippen molar-refractivity contribution in [3.05, 3.63) is 66.2 Å². The van der Waals surface area contributed by atoms with Gasteiger partial charge in [0.2, 0.25) is 0 Å². The number of piperazine rings is 1. The van der Waals surface area contributed by atoms with Gasteiger partial charge in [-0.05, 0) is 55.5 Å². The molecular weight excluding hydrogens is 392 g/mol. The van der Waals surface area contributed by atoms with Gasteiger partial charge in [-0.3, -0.25) is 4.79 Å². The molecule has 2 heterocycles. The molecule has 0 aliphatic carbocycles. The lowest BCUT2D eigenvalue weighted by atomic mass is 10.1. The molecule has 160 valence electrons. The second-order valence-corrected chi connectivity index (χ2v) is 7.21. The molecule has 0 unspecified atom stereocenters. The highest BCUT2D eigenvalue weighted by Crippen LogP contribution is 2.23. The van der Waals surface area contributed by atoms with Gasteiger partial charge in [0.15, 0.2) is 5.82 Å². The number of ether oxygens (including phenoxy) is 2. The summed E-state index contributed by atoms with van der Waals surface area (Å²) in [5.41, 5.74) is 2.41. The van der Waals surface area contributed by atoms with Gasteiger partial charge in [-0.2, -0.15) is 0 Å². The van der Waals surface area contributed by atoms with Gasteiger partial charge < -0.3 is 19.3 Å². The van der Waals surface area contributed by atoms with Gasteiger partial charge in [-0.25, -0.2) is 0 Å². The number of hydrogen-bond acceptors (Lipinski definition) is 6. The van der Waals surface area contributed by atoms with Crippen molar-refractivity contribution in [3.8, 4) is 22.8 Å². The van der Waals surface area contributed by atoms with Gasteiger partial charge in [-0.1, -0.05) is 12.1 Å². The Morgan fingerprint density at radius 1 is 0.935 bits per heavy atom. The second kappa shape index (κ2) is 9.47. The van der Waals surface area contributed by atoms with E-state index in [1.807, 2.05) is 72.5 Å². The van der Waals surface area contributed by atoms with Crippen molar-refractivity contribution in [1.82, 2.24) is 15.1 Å². The minimum Gasteiger partial charge on any atom is -0.497 e. The smallest absolute Gasteiger partial charge is 0.257 e. The van der Waals surface area contributed by atoms with Crippen LogP contribution < -0.4 is 14.4 Å². The topological polar surface area (TPSA) is 67.8 Å². The fourth-order valence-corrected chi connectivity index (χ4v) is 3.64. The Morgan fingerprint density at radius 3 is 2.32 bits per heavy atom. The van der Waals surface area contributed by atoms with E-state index in [0.717, 1.165) is 22.8 Å². The molecule has 1 aliphatic rings. The van der Waals surface area contributed by atoms with Crippen molar-refractivity contribution in [3.63, 3.8) is 0 Å². The van der Waals surface area contributed by atoms with Gasteiger partial charge in [0.25, 0.3) is 5.91 Å². The zero-order chi connectivity index (χ0) is 21.6. The van der Waals surface area contributed by atoms with Crippen LogP contribution in [0.1, 0.15) is 17.3 Å². The first-order valence-electron chi connectivity index (χ1n) is 10.4. The average Bonchev–Trinajstić information content (AvgIpc) is 2.84. The van der Waals surface area contributed by atoms with Crippen LogP contribution in [0.3, 0.4) is 0 Å². The fraction of sp³-hybridized carbons (Fsp3) is 0.292. The second-order valence-electron chi connectivity index (χ2n) is 7.21. The van der Waals surface area contributed by atoms with Crippen LogP contribution in [0.15, 0.2) is 60.7 Å². The summed E-state index contributed by atoms with van der Waals surface area (Å²) in [5.74, 6) is 2.27. The molecule has 0 bridgehead atoms. The van der Waals surface area contributed by atoms with Gasteiger partial charge in [0, 0.05) is 31.7 Å². The monoisotopic (exact) mass is 418 g/mol. The molecule has 1 amide bonds. The number of methoxy groups -OCH3 is 1. The Balaban J connectivity index is 1.39. The van der Waals surface area contributed by atoms with Crippen molar-refractivity contribution in [2.24, 2.45) is 0 Å². The Hall–Kier alpha value is -3.61. The number of rotatable bonds is 6. The van der Waals surface area contributed by atoms with E-state index >= 15 is 0 Å². The highest BCUT2D eigenvalue weighted by atomic mass is 16.5. The molecule has 0 atom stereocenters. The third-order valence-corrected chi connectivity index (χ3v) is 5.34. The summed E-state index contributed by atoms with van der Waals surface area (Å²) in [5, 5.41) is 8.79. The van der Waals surface area contributed by atoms with Crippen LogP contribution in [0.4, 0.5) is 5.82 Å². The number of para-hydroxylation sites is 1. The number of benzene rings is 2. The zero-order valence-electron chi connectivity index (χ0n) is 17.8. The lowest BCUT2D eigenvalue weighted by Gasteiger charge is -2.35. The van der Waals surface area contributed by atoms with Crippen molar-refractivity contribution >= 4 is 11.7 Å². The first-order valence-corrected chi connectivity index (χ1v) is 10.4. The van der Waals surface area contributed by atoms with E-state index in [1.54, 1.807) is 7.11 Å². The predicted molar refractivity (Wildman–Crippen MR) is 120 cm³/mol. The standard InChI is InChI=1S/C24H26N4O3/c1-3-31-22-7-5-4-6-20(22)24(29)28-16-14-27(15-17-28)23-13-12-21(25-26-23)18-8-10-19(30-2)11-9-18/h4-13H,3,14-17H2,1-2H3. The van der Waals surface area contributed by atoms with Crippen LogP contribution >= 0.6 is 0 Å². The number of nitrogens with zero attached hydrogens (tertiary/aromatic N) is 4. The van der Waals surface area contributed by atoms with E-state index in [-0.39, 0.29) is 5.91 Å². The maximum Gasteiger partial charge on any atom is 0.257 e. The number of aromatic nitrogens is 2. The van der Waals surface area contributed by atoms with Gasteiger partial charge in [0.05, 0.1) is 25.0 Å². The molecule has 1 aliphatic heterocycles. The summed E-state index contributed by atoms with van der Waals surface area (Å²) in [6.45, 7) is 5.12. The molecule has 0 N–H and O–H groups in total. The fourth-order valence-electron chi connectivity index (χ4n) is 3.64. The molecule has 0 spiro atoms. The molecule has 4 rings (SSSR count). The van der Waals surface area contributed by atoms with Crippen LogP contribution in [0.2, 0.25) is 0 Å². The van der Waals surface area contributed by atoms with Crippen LogP contribution in [-0.2, 0) is 0 Å². The molecule has 1 fully saturated rings. The van der Waals surface area contributed by atoms with E-state index < -0.39 is 0 Å². The minimum absolute atomic E-state index is 0.00429. The van der Waals surface area contributed by atoms with Gasteiger partial charge in [0.1, 0.15) is 11.5 Å². The number of carbonyl (C=O) groups is 1.